The predicted octanol–water partition coefficient (Wildman–Crippen LogP) is 2.51. The Labute approximate surface area is 186 Å². The number of carbonyl (C=O) groups is 1. The molecule has 2 atom stereocenters. The maximum Gasteiger partial charge on any atom is 0.237 e. The monoisotopic (exact) mass is 436 g/mol. The van der Waals surface area contributed by atoms with Crippen molar-refractivity contribution in [1.29, 1.82) is 0 Å². The summed E-state index contributed by atoms with van der Waals surface area (Å²) in [6, 6.07) is 8.71. The molecular formula is C23H37ClN4O2. The van der Waals surface area contributed by atoms with Crippen LogP contribution in [0.4, 0.5) is 0 Å². The number of nitrogens with zero attached hydrogens (tertiary/aromatic N) is 2. The number of methoxy groups -OCH3 is 1. The molecule has 2 unspecified atom stereocenters. The second kappa shape index (κ2) is 12.0. The van der Waals surface area contributed by atoms with Crippen LogP contribution in [0.25, 0.3) is 0 Å². The third-order valence-corrected chi connectivity index (χ3v) is 6.46. The first-order chi connectivity index (χ1) is 14.6. The van der Waals surface area contributed by atoms with E-state index in [-0.39, 0.29) is 11.9 Å². The molecule has 2 saturated heterocycles. The first-order valence-electron chi connectivity index (χ1n) is 11.3. The minimum Gasteiger partial charge on any atom is -0.383 e. The second-order valence-electron chi connectivity index (χ2n) is 8.57. The summed E-state index contributed by atoms with van der Waals surface area (Å²) in [5.41, 5.74) is 1.18. The van der Waals surface area contributed by atoms with Gasteiger partial charge in [0.1, 0.15) is 0 Å². The van der Waals surface area contributed by atoms with Crippen molar-refractivity contribution < 1.29 is 9.53 Å². The van der Waals surface area contributed by atoms with E-state index in [0.29, 0.717) is 25.2 Å². The number of ether oxygens (including phenoxy) is 1. The molecule has 0 saturated carbocycles. The van der Waals surface area contributed by atoms with E-state index in [1.807, 2.05) is 24.3 Å². The summed E-state index contributed by atoms with van der Waals surface area (Å²) < 4.78 is 5.08. The summed E-state index contributed by atoms with van der Waals surface area (Å²) in [6.07, 6.45) is 4.46. The highest BCUT2D eigenvalue weighted by molar-refractivity contribution is 6.30. The summed E-state index contributed by atoms with van der Waals surface area (Å²) in [7, 11) is 1.65. The second-order valence-corrected chi connectivity index (χ2v) is 9.01. The van der Waals surface area contributed by atoms with Crippen molar-refractivity contribution in [1.82, 2.24) is 20.4 Å². The molecule has 2 heterocycles. The van der Waals surface area contributed by atoms with E-state index in [4.69, 9.17) is 16.3 Å². The maximum atomic E-state index is 12.9. The van der Waals surface area contributed by atoms with Crippen molar-refractivity contribution in [3.05, 3.63) is 34.9 Å². The highest BCUT2D eigenvalue weighted by Crippen LogP contribution is 2.23. The highest BCUT2D eigenvalue weighted by Gasteiger charge is 2.37. The number of rotatable bonds is 10. The number of likely N-dealkylation sites (tertiary alicyclic amines) is 2. The molecular weight excluding hydrogens is 400 g/mol. The van der Waals surface area contributed by atoms with Crippen LogP contribution < -0.4 is 10.6 Å². The zero-order chi connectivity index (χ0) is 21.3. The van der Waals surface area contributed by atoms with Gasteiger partial charge in [-0.05, 0) is 63.0 Å². The molecule has 0 spiro atoms. The summed E-state index contributed by atoms with van der Waals surface area (Å²) in [4.78, 5) is 17.7. The number of nitrogens with one attached hydrogen (secondary N) is 2. The van der Waals surface area contributed by atoms with Crippen LogP contribution in [0.15, 0.2) is 24.3 Å². The molecule has 2 fully saturated rings. The number of halogens is 1. The number of benzene rings is 1. The van der Waals surface area contributed by atoms with Crippen LogP contribution in [0.5, 0.6) is 0 Å². The molecule has 1 aromatic rings. The maximum absolute atomic E-state index is 12.9. The fourth-order valence-electron chi connectivity index (χ4n) is 4.66. The van der Waals surface area contributed by atoms with Crippen molar-refractivity contribution in [2.45, 2.75) is 57.3 Å². The predicted molar refractivity (Wildman–Crippen MR) is 122 cm³/mol. The Kier molecular flexibility index (Phi) is 9.40. The van der Waals surface area contributed by atoms with Crippen LogP contribution in [-0.4, -0.2) is 80.3 Å². The standard InChI is InChI=1S/C23H37ClN4O2/c1-3-11-27-12-8-20(9-13-27)26-21-15-22(23(29)25-10-14-30-2)28(17-21)16-18-4-6-19(24)7-5-18/h4-7,20-22,26H,3,8-17H2,1-2H3,(H,25,29). The fourth-order valence-corrected chi connectivity index (χ4v) is 4.79. The van der Waals surface area contributed by atoms with E-state index in [1.54, 1.807) is 7.11 Å². The van der Waals surface area contributed by atoms with Gasteiger partial charge in [0.25, 0.3) is 0 Å². The van der Waals surface area contributed by atoms with Gasteiger partial charge in [-0.2, -0.15) is 0 Å². The lowest BCUT2D eigenvalue weighted by Crippen LogP contribution is -2.47. The molecule has 2 aliphatic heterocycles. The van der Waals surface area contributed by atoms with Crippen molar-refractivity contribution >= 4 is 17.5 Å². The lowest BCUT2D eigenvalue weighted by Gasteiger charge is -2.33. The van der Waals surface area contributed by atoms with Gasteiger partial charge in [-0.3, -0.25) is 9.69 Å². The van der Waals surface area contributed by atoms with Gasteiger partial charge in [-0.25, -0.2) is 0 Å². The molecule has 1 amide bonds. The lowest BCUT2D eigenvalue weighted by molar-refractivity contribution is -0.125. The molecule has 2 N–H and O–H groups in total. The lowest BCUT2D eigenvalue weighted by atomic mass is 10.0. The number of carbonyl (C=O) groups excluding carboxylic acids is 1. The van der Waals surface area contributed by atoms with Crippen molar-refractivity contribution in [2.24, 2.45) is 0 Å². The van der Waals surface area contributed by atoms with Crippen LogP contribution in [0, 0.1) is 0 Å². The molecule has 1 aromatic carbocycles. The van der Waals surface area contributed by atoms with Gasteiger partial charge in [0.05, 0.1) is 12.6 Å². The van der Waals surface area contributed by atoms with Crippen LogP contribution >= 0.6 is 11.6 Å². The first-order valence-corrected chi connectivity index (χ1v) is 11.7. The summed E-state index contributed by atoms with van der Waals surface area (Å²) in [5, 5.41) is 7.64. The van der Waals surface area contributed by atoms with Gasteiger partial charge in [0, 0.05) is 43.9 Å². The van der Waals surface area contributed by atoms with Gasteiger partial charge in [0.2, 0.25) is 5.91 Å². The number of amides is 1. The summed E-state index contributed by atoms with van der Waals surface area (Å²) in [5.74, 6) is 0.100. The zero-order valence-electron chi connectivity index (χ0n) is 18.4. The zero-order valence-corrected chi connectivity index (χ0v) is 19.2. The smallest absolute Gasteiger partial charge is 0.237 e. The average molecular weight is 437 g/mol. The van der Waals surface area contributed by atoms with E-state index in [9.17, 15) is 4.79 Å². The minimum absolute atomic E-state index is 0.100. The van der Waals surface area contributed by atoms with E-state index < -0.39 is 0 Å². The first kappa shape index (κ1) is 23.5. The Morgan fingerprint density at radius 1 is 1.20 bits per heavy atom. The van der Waals surface area contributed by atoms with E-state index >= 15 is 0 Å². The van der Waals surface area contributed by atoms with Crippen LogP contribution in [0.1, 0.15) is 38.2 Å². The van der Waals surface area contributed by atoms with Crippen molar-refractivity contribution in [3.8, 4) is 0 Å². The molecule has 0 aromatic heterocycles. The Balaban J connectivity index is 1.57. The quantitative estimate of drug-likeness (QED) is 0.552. The van der Waals surface area contributed by atoms with Crippen LogP contribution in [0.3, 0.4) is 0 Å². The third kappa shape index (κ3) is 6.92. The molecule has 0 aliphatic carbocycles. The Morgan fingerprint density at radius 3 is 2.60 bits per heavy atom. The molecule has 6 nitrogen and oxygen atoms in total. The van der Waals surface area contributed by atoms with Crippen molar-refractivity contribution in [2.75, 3.05) is 46.4 Å². The summed E-state index contributed by atoms with van der Waals surface area (Å²) >= 11 is 6.04. The molecule has 0 bridgehead atoms. The van der Waals surface area contributed by atoms with Gasteiger partial charge < -0.3 is 20.3 Å². The van der Waals surface area contributed by atoms with E-state index in [0.717, 1.165) is 24.5 Å². The highest BCUT2D eigenvalue weighted by atomic mass is 35.5. The average Bonchev–Trinajstić information content (AvgIpc) is 3.14. The third-order valence-electron chi connectivity index (χ3n) is 6.21. The largest absolute Gasteiger partial charge is 0.383 e. The van der Waals surface area contributed by atoms with Crippen LogP contribution in [-0.2, 0) is 16.1 Å². The van der Waals surface area contributed by atoms with Gasteiger partial charge >= 0.3 is 0 Å². The van der Waals surface area contributed by atoms with Gasteiger partial charge in [-0.1, -0.05) is 30.7 Å². The Bertz CT molecular complexity index is 649. The topological polar surface area (TPSA) is 56.8 Å². The molecule has 7 heteroatoms. The fraction of sp³-hybridized carbons (Fsp3) is 0.696. The van der Waals surface area contributed by atoms with E-state index in [1.165, 1.54) is 44.5 Å². The molecule has 168 valence electrons. The van der Waals surface area contributed by atoms with Crippen LogP contribution in [0.2, 0.25) is 5.02 Å². The Morgan fingerprint density at radius 2 is 1.93 bits per heavy atom. The molecule has 30 heavy (non-hydrogen) atoms. The molecule has 2 aliphatic rings. The molecule has 0 radical (unpaired) electrons. The number of piperidine rings is 1. The summed E-state index contributed by atoms with van der Waals surface area (Å²) in [6.45, 7) is 8.53. The number of hydrogen-bond acceptors (Lipinski definition) is 5. The Hall–Kier alpha value is -1.18. The SMILES string of the molecule is CCCN1CCC(NC2CC(C(=O)NCCOC)N(Cc3ccc(Cl)cc3)C2)CC1. The van der Waals surface area contributed by atoms with Gasteiger partial charge in [-0.15, -0.1) is 0 Å². The number of hydrogen-bond donors (Lipinski definition) is 2. The van der Waals surface area contributed by atoms with Gasteiger partial charge in [0.15, 0.2) is 0 Å². The minimum atomic E-state index is -0.116. The van der Waals surface area contributed by atoms with Crippen molar-refractivity contribution in [3.63, 3.8) is 0 Å². The normalized spacial score (nSPS) is 23.7. The van der Waals surface area contributed by atoms with E-state index in [2.05, 4.69) is 27.4 Å². The molecule has 3 rings (SSSR count).